The molecule has 0 aliphatic rings. The fourth-order valence-corrected chi connectivity index (χ4v) is 1.97. The van der Waals surface area contributed by atoms with Gasteiger partial charge in [-0.2, -0.15) is 0 Å². The number of rotatable bonds is 1. The molecular formula is C10H9BrClN. The van der Waals surface area contributed by atoms with E-state index in [4.69, 9.17) is 11.6 Å². The van der Waals surface area contributed by atoms with Gasteiger partial charge in [0, 0.05) is 21.6 Å². The average molecular weight is 259 g/mol. The van der Waals surface area contributed by atoms with Crippen molar-refractivity contribution >= 4 is 38.4 Å². The second-order valence-corrected chi connectivity index (χ2v) is 4.24. The Balaban J connectivity index is 2.77. The van der Waals surface area contributed by atoms with Crippen LogP contribution in [-0.2, 0) is 6.42 Å². The maximum atomic E-state index is 5.97. The van der Waals surface area contributed by atoms with Crippen LogP contribution in [-0.4, -0.2) is 4.98 Å². The van der Waals surface area contributed by atoms with Crippen LogP contribution >= 0.6 is 27.5 Å². The Labute approximate surface area is 90.2 Å². The predicted octanol–water partition coefficient (Wildman–Crippen LogP) is 4.15. The molecule has 0 saturated heterocycles. The number of aromatic amines is 1. The molecule has 13 heavy (non-hydrogen) atoms. The van der Waals surface area contributed by atoms with Gasteiger partial charge < -0.3 is 4.98 Å². The van der Waals surface area contributed by atoms with E-state index in [0.29, 0.717) is 0 Å². The molecule has 0 atom stereocenters. The topological polar surface area (TPSA) is 15.8 Å². The molecule has 0 saturated carbocycles. The Hall–Kier alpha value is -0.470. The first-order valence-electron chi connectivity index (χ1n) is 4.17. The zero-order chi connectivity index (χ0) is 9.42. The second-order valence-electron chi connectivity index (χ2n) is 2.98. The second kappa shape index (κ2) is 3.35. The molecule has 3 heteroatoms. The molecule has 1 heterocycles. The van der Waals surface area contributed by atoms with Gasteiger partial charge in [-0.25, -0.2) is 0 Å². The summed E-state index contributed by atoms with van der Waals surface area (Å²) in [7, 11) is 0. The summed E-state index contributed by atoms with van der Waals surface area (Å²) in [5, 5.41) is 2.00. The molecule has 0 radical (unpaired) electrons. The molecule has 0 unspecified atom stereocenters. The zero-order valence-corrected chi connectivity index (χ0v) is 9.54. The quantitative estimate of drug-likeness (QED) is 0.791. The number of aromatic nitrogens is 1. The highest BCUT2D eigenvalue weighted by Gasteiger charge is 2.05. The summed E-state index contributed by atoms with van der Waals surface area (Å²) in [6.45, 7) is 2.14. The molecular weight excluding hydrogens is 249 g/mol. The van der Waals surface area contributed by atoms with Crippen LogP contribution in [0.15, 0.2) is 22.8 Å². The van der Waals surface area contributed by atoms with Crippen LogP contribution in [0.4, 0.5) is 0 Å². The average Bonchev–Trinajstić information content (AvgIpc) is 2.48. The summed E-state index contributed by atoms with van der Waals surface area (Å²) < 4.78 is 0.955. The minimum absolute atomic E-state index is 0.747. The Bertz CT molecular complexity index is 447. The highest BCUT2D eigenvalue weighted by molar-refractivity contribution is 9.10. The van der Waals surface area contributed by atoms with Crippen LogP contribution in [0, 0.1) is 0 Å². The maximum Gasteiger partial charge on any atom is 0.0569 e. The summed E-state index contributed by atoms with van der Waals surface area (Å²) in [5.74, 6) is 0. The highest BCUT2D eigenvalue weighted by atomic mass is 79.9. The SMILES string of the molecule is CCc1c[nH]c2cc(Cl)c(Br)cc12. The Kier molecular flexibility index (Phi) is 2.35. The lowest BCUT2D eigenvalue weighted by molar-refractivity contribution is 1.15. The van der Waals surface area contributed by atoms with Crippen LogP contribution in [0.1, 0.15) is 12.5 Å². The summed E-state index contributed by atoms with van der Waals surface area (Å²) in [5.41, 5.74) is 2.43. The van der Waals surface area contributed by atoms with Crippen molar-refractivity contribution in [3.63, 3.8) is 0 Å². The van der Waals surface area contributed by atoms with E-state index in [1.807, 2.05) is 12.3 Å². The fraction of sp³-hybridized carbons (Fsp3) is 0.200. The number of hydrogen-bond donors (Lipinski definition) is 1. The Morgan fingerprint density at radius 1 is 1.46 bits per heavy atom. The van der Waals surface area contributed by atoms with Gasteiger partial charge in [-0.05, 0) is 40.0 Å². The van der Waals surface area contributed by atoms with E-state index < -0.39 is 0 Å². The number of aryl methyl sites for hydroxylation is 1. The van der Waals surface area contributed by atoms with Gasteiger partial charge in [-0.1, -0.05) is 18.5 Å². The van der Waals surface area contributed by atoms with Crippen LogP contribution in [0.2, 0.25) is 5.02 Å². The first-order valence-corrected chi connectivity index (χ1v) is 5.34. The van der Waals surface area contributed by atoms with Crippen molar-refractivity contribution in [2.45, 2.75) is 13.3 Å². The van der Waals surface area contributed by atoms with Crippen LogP contribution in [0.3, 0.4) is 0 Å². The highest BCUT2D eigenvalue weighted by Crippen LogP contribution is 2.29. The lowest BCUT2D eigenvalue weighted by Gasteiger charge is -1.97. The first kappa shape index (κ1) is 9.10. The fourth-order valence-electron chi connectivity index (χ4n) is 1.47. The lowest BCUT2D eigenvalue weighted by atomic mass is 10.1. The lowest BCUT2D eigenvalue weighted by Crippen LogP contribution is -1.76. The van der Waals surface area contributed by atoms with Crippen molar-refractivity contribution in [1.29, 1.82) is 0 Å². The third-order valence-corrected chi connectivity index (χ3v) is 3.39. The number of hydrogen-bond acceptors (Lipinski definition) is 0. The standard InChI is InChI=1S/C10H9BrClN/c1-2-6-5-13-10-4-9(12)8(11)3-7(6)10/h3-5,13H,2H2,1H3. The molecule has 1 aromatic carbocycles. The number of halogens is 2. The Morgan fingerprint density at radius 2 is 2.23 bits per heavy atom. The summed E-state index contributed by atoms with van der Waals surface area (Å²) >= 11 is 9.39. The van der Waals surface area contributed by atoms with Gasteiger partial charge in [0.25, 0.3) is 0 Å². The van der Waals surface area contributed by atoms with E-state index >= 15 is 0 Å². The smallest absolute Gasteiger partial charge is 0.0569 e. The third kappa shape index (κ3) is 1.49. The van der Waals surface area contributed by atoms with Crippen molar-refractivity contribution in [2.75, 3.05) is 0 Å². The van der Waals surface area contributed by atoms with Gasteiger partial charge in [-0.3, -0.25) is 0 Å². The van der Waals surface area contributed by atoms with Gasteiger partial charge in [-0.15, -0.1) is 0 Å². The van der Waals surface area contributed by atoms with Gasteiger partial charge >= 0.3 is 0 Å². The Morgan fingerprint density at radius 3 is 2.92 bits per heavy atom. The minimum atomic E-state index is 0.747. The van der Waals surface area contributed by atoms with Crippen molar-refractivity contribution in [1.82, 2.24) is 4.98 Å². The summed E-state index contributed by atoms with van der Waals surface area (Å²) in [6.07, 6.45) is 3.07. The van der Waals surface area contributed by atoms with Gasteiger partial charge in [0.05, 0.1) is 5.02 Å². The molecule has 0 spiro atoms. The minimum Gasteiger partial charge on any atom is -0.361 e. The molecule has 2 aromatic rings. The normalized spacial score (nSPS) is 11.0. The van der Waals surface area contributed by atoms with Crippen LogP contribution in [0.25, 0.3) is 10.9 Å². The molecule has 0 bridgehead atoms. The largest absolute Gasteiger partial charge is 0.361 e. The zero-order valence-electron chi connectivity index (χ0n) is 7.20. The summed E-state index contributed by atoms with van der Waals surface area (Å²) in [6, 6.07) is 4.01. The van der Waals surface area contributed by atoms with E-state index in [-0.39, 0.29) is 0 Å². The molecule has 68 valence electrons. The van der Waals surface area contributed by atoms with E-state index in [0.717, 1.165) is 21.4 Å². The van der Waals surface area contributed by atoms with Crippen LogP contribution in [0.5, 0.6) is 0 Å². The number of benzene rings is 1. The van der Waals surface area contributed by atoms with Gasteiger partial charge in [0.1, 0.15) is 0 Å². The van der Waals surface area contributed by atoms with E-state index in [1.54, 1.807) is 0 Å². The monoisotopic (exact) mass is 257 g/mol. The van der Waals surface area contributed by atoms with Crippen molar-refractivity contribution in [2.24, 2.45) is 0 Å². The van der Waals surface area contributed by atoms with Crippen LogP contribution < -0.4 is 0 Å². The van der Waals surface area contributed by atoms with Gasteiger partial charge in [0.2, 0.25) is 0 Å². The predicted molar refractivity (Wildman–Crippen MR) is 60.4 cm³/mol. The van der Waals surface area contributed by atoms with E-state index in [2.05, 4.69) is 33.9 Å². The molecule has 0 aliphatic carbocycles. The number of nitrogens with one attached hydrogen (secondary N) is 1. The van der Waals surface area contributed by atoms with Crippen molar-refractivity contribution < 1.29 is 0 Å². The van der Waals surface area contributed by atoms with Crippen molar-refractivity contribution in [3.05, 3.63) is 33.4 Å². The van der Waals surface area contributed by atoms with E-state index in [9.17, 15) is 0 Å². The molecule has 1 nitrogen and oxygen atoms in total. The number of H-pyrrole nitrogens is 1. The molecule has 0 amide bonds. The maximum absolute atomic E-state index is 5.97. The molecule has 1 aromatic heterocycles. The molecule has 2 rings (SSSR count). The first-order chi connectivity index (χ1) is 6.22. The molecule has 0 fully saturated rings. The summed E-state index contributed by atoms with van der Waals surface area (Å²) in [4.78, 5) is 3.20. The molecule has 0 aliphatic heterocycles. The third-order valence-electron chi connectivity index (χ3n) is 2.19. The van der Waals surface area contributed by atoms with E-state index in [1.165, 1.54) is 10.9 Å². The van der Waals surface area contributed by atoms with Crippen molar-refractivity contribution in [3.8, 4) is 0 Å². The molecule has 1 N–H and O–H groups in total. The van der Waals surface area contributed by atoms with Gasteiger partial charge in [0.15, 0.2) is 0 Å². The number of fused-ring (bicyclic) bond motifs is 1.